The summed E-state index contributed by atoms with van der Waals surface area (Å²) in [7, 11) is 0. The van der Waals surface area contributed by atoms with Gasteiger partial charge in [0.2, 0.25) is 0 Å². The van der Waals surface area contributed by atoms with Gasteiger partial charge in [-0.1, -0.05) is 172 Å². The van der Waals surface area contributed by atoms with Crippen LogP contribution in [0.4, 0.5) is 0 Å². The van der Waals surface area contributed by atoms with E-state index in [0.29, 0.717) is 22.6 Å². The van der Waals surface area contributed by atoms with Crippen molar-refractivity contribution in [3.8, 4) is 67.5 Å². The van der Waals surface area contributed by atoms with Crippen molar-refractivity contribution in [2.45, 2.75) is 105 Å². The van der Waals surface area contributed by atoms with Crippen LogP contribution < -0.4 is 0 Å². The average molecular weight is 1010 g/mol. The first-order chi connectivity index (χ1) is 30.8. The molecule has 0 aliphatic heterocycles. The number of phenolic OH excluding ortho intramolecular Hbond substituents is 1. The van der Waals surface area contributed by atoms with Crippen LogP contribution in [-0.2, 0) is 37.3 Å². The third-order valence-corrected chi connectivity index (χ3v) is 11.8. The van der Waals surface area contributed by atoms with Gasteiger partial charge in [0.1, 0.15) is 11.6 Å². The molecule has 324 valence electrons. The van der Waals surface area contributed by atoms with Gasteiger partial charge in [-0.15, -0.1) is 29.3 Å². The predicted molar refractivity (Wildman–Crippen MR) is 261 cm³/mol. The first-order valence-corrected chi connectivity index (χ1v) is 21.5. The van der Waals surface area contributed by atoms with Gasteiger partial charge in [0, 0.05) is 49.7 Å². The van der Waals surface area contributed by atoms with Gasteiger partial charge in [0.25, 0.3) is 0 Å². The molecule has 0 spiro atoms. The number of hydrogen-bond acceptors (Lipinski definition) is 3. The topological polar surface area (TPSA) is 50.9 Å². The molecule has 0 aliphatic carbocycles. The minimum atomic E-state index is -2.40. The second kappa shape index (κ2) is 17.2. The van der Waals surface area contributed by atoms with Crippen molar-refractivity contribution < 1.29 is 31.7 Å². The summed E-state index contributed by atoms with van der Waals surface area (Å²) in [5.74, 6) is -0.0646. The Balaban J connectivity index is 0.00000666. The number of aryl methyl sites for hydroxylation is 1. The fraction of sp³-hybridized carbons (Fsp3) is 0.276. The van der Waals surface area contributed by atoms with Gasteiger partial charge in [-0.05, 0) is 98.3 Å². The molecular weight excluding hydrogens is 950 g/mol. The SMILES string of the molecule is [2H]C([2H])([2H])c1cc(-c2ccccc2)cc(-n2c(-c3cc(C(C)(C)C)cc(C(C)(C)C)c3O)nc3c(-c4[c-]c(-c5cc(-c6ccc(C([2H])(C)C)cc6)ccn5)cc(C(C)(C)C)c4)cccc32)c1.[Pt]. The Morgan fingerprint density at radius 1 is 0.635 bits per heavy atom. The summed E-state index contributed by atoms with van der Waals surface area (Å²) in [5.41, 5.74) is 12.7. The molecule has 0 fully saturated rings. The first-order valence-electron chi connectivity index (χ1n) is 23.5. The van der Waals surface area contributed by atoms with Crippen LogP contribution in [0, 0.1) is 12.9 Å². The van der Waals surface area contributed by atoms with Gasteiger partial charge >= 0.3 is 0 Å². The number of imidazole rings is 1. The monoisotopic (exact) mass is 1010 g/mol. The molecule has 0 unspecified atom stereocenters. The largest absolute Gasteiger partial charge is 0.507 e. The molecule has 4 nitrogen and oxygen atoms in total. The Hall–Kier alpha value is -5.57. The maximum atomic E-state index is 12.4. The van der Waals surface area contributed by atoms with Gasteiger partial charge in [0.05, 0.1) is 16.6 Å². The van der Waals surface area contributed by atoms with E-state index in [1.165, 1.54) is 0 Å². The Kier molecular flexibility index (Phi) is 11.0. The van der Waals surface area contributed by atoms with Crippen LogP contribution in [-0.4, -0.2) is 19.6 Å². The maximum Gasteiger partial charge on any atom is 0.148 e. The van der Waals surface area contributed by atoms with Gasteiger partial charge in [0.15, 0.2) is 0 Å². The number of pyridine rings is 1. The van der Waals surface area contributed by atoms with Crippen molar-refractivity contribution in [2.75, 3.05) is 0 Å². The summed E-state index contributed by atoms with van der Waals surface area (Å²) in [5, 5.41) is 12.4. The molecule has 0 aliphatic rings. The summed E-state index contributed by atoms with van der Waals surface area (Å²) >= 11 is 0. The minimum absolute atomic E-state index is 0. The summed E-state index contributed by atoms with van der Waals surface area (Å²) < 4.78 is 36.4. The van der Waals surface area contributed by atoms with Crippen LogP contribution >= 0.6 is 0 Å². The molecule has 63 heavy (non-hydrogen) atoms. The number of fused-ring (bicyclic) bond motifs is 1. The van der Waals surface area contributed by atoms with Crippen molar-refractivity contribution >= 4 is 11.0 Å². The van der Waals surface area contributed by atoms with Crippen molar-refractivity contribution in [3.05, 3.63) is 167 Å². The fourth-order valence-electron chi connectivity index (χ4n) is 8.15. The normalized spacial score (nSPS) is 13.5. The van der Waals surface area contributed by atoms with Crippen molar-refractivity contribution in [1.82, 2.24) is 14.5 Å². The molecule has 2 aromatic heterocycles. The number of aromatic nitrogens is 3. The summed E-state index contributed by atoms with van der Waals surface area (Å²) in [6.07, 6.45) is 1.83. The quantitative estimate of drug-likeness (QED) is 0.162. The maximum absolute atomic E-state index is 12.4. The van der Waals surface area contributed by atoms with E-state index in [0.717, 1.165) is 72.4 Å². The van der Waals surface area contributed by atoms with E-state index in [1.807, 2.05) is 97.4 Å². The third kappa shape index (κ3) is 9.25. The van der Waals surface area contributed by atoms with E-state index in [2.05, 4.69) is 111 Å². The Labute approximate surface area is 395 Å². The average Bonchev–Trinajstić information content (AvgIpc) is 3.64. The Morgan fingerprint density at radius 3 is 1.95 bits per heavy atom. The molecule has 1 N–H and O–H groups in total. The summed E-state index contributed by atoms with van der Waals surface area (Å²) in [4.78, 5) is 10.4. The Morgan fingerprint density at radius 2 is 1.30 bits per heavy atom. The molecule has 0 bridgehead atoms. The van der Waals surface area contributed by atoms with Gasteiger partial charge < -0.3 is 5.11 Å². The second-order valence-corrected chi connectivity index (χ2v) is 20.0. The molecule has 0 amide bonds. The Bertz CT molecular complexity index is 3110. The van der Waals surface area contributed by atoms with Crippen LogP contribution in [0.5, 0.6) is 5.75 Å². The predicted octanol–water partition coefficient (Wildman–Crippen LogP) is 15.6. The molecule has 0 atom stereocenters. The summed E-state index contributed by atoms with van der Waals surface area (Å²) in [6, 6.07) is 45.9. The molecule has 6 aromatic carbocycles. The van der Waals surface area contributed by atoms with E-state index in [4.69, 9.17) is 15.5 Å². The molecule has 2 heterocycles. The number of hydrogen-bond donors (Lipinski definition) is 1. The van der Waals surface area contributed by atoms with Crippen molar-refractivity contribution in [3.63, 3.8) is 0 Å². The van der Waals surface area contributed by atoms with E-state index in [-0.39, 0.29) is 43.2 Å². The van der Waals surface area contributed by atoms with Gasteiger partial charge in [-0.3, -0.25) is 9.55 Å². The standard InChI is InChI=1S/C58H60N3O.Pt/c1-36(2)38-21-23-40(24-22-38)41-25-26-59-51(33-41)44-29-43(30-45(31-44)56(4,5)6)48-19-16-20-52-53(48)60-55(49-34-46(57(7,8)9)35-50(54(49)62)58(10,11)12)61(52)47-28-37(3)27-42(32-47)39-17-14-13-15-18-39;/h13-28,30-36,62H,1-12H3;/q-1;/i3D3,36D;. The zero-order valence-electron chi connectivity index (χ0n) is 42.3. The molecular formula is C58H60N3OPt-. The van der Waals surface area contributed by atoms with Crippen LogP contribution in [0.1, 0.15) is 115 Å². The summed E-state index contributed by atoms with van der Waals surface area (Å²) in [6.45, 7) is 20.8. The number of nitrogens with zero attached hydrogens (tertiary/aromatic N) is 3. The third-order valence-electron chi connectivity index (χ3n) is 11.8. The molecule has 0 saturated carbocycles. The van der Waals surface area contributed by atoms with Crippen molar-refractivity contribution in [2.24, 2.45) is 0 Å². The fourth-order valence-corrected chi connectivity index (χ4v) is 8.15. The number of para-hydroxylation sites is 1. The molecule has 8 rings (SSSR count). The number of benzene rings is 6. The zero-order chi connectivity index (χ0) is 47.7. The van der Waals surface area contributed by atoms with Gasteiger partial charge in [-0.2, -0.15) is 0 Å². The van der Waals surface area contributed by atoms with E-state index in [1.54, 1.807) is 12.1 Å². The van der Waals surface area contributed by atoms with Crippen LogP contribution in [0.15, 0.2) is 134 Å². The molecule has 0 saturated heterocycles. The van der Waals surface area contributed by atoms with Crippen LogP contribution in [0.3, 0.4) is 0 Å². The van der Waals surface area contributed by atoms with Crippen LogP contribution in [0.25, 0.3) is 72.7 Å². The number of aromatic hydroxyl groups is 1. The molecule has 5 heteroatoms. The second-order valence-electron chi connectivity index (χ2n) is 20.0. The van der Waals surface area contributed by atoms with E-state index < -0.39 is 18.2 Å². The molecule has 8 aromatic rings. The zero-order valence-corrected chi connectivity index (χ0v) is 40.6. The number of rotatable bonds is 7. The van der Waals surface area contributed by atoms with Crippen LogP contribution in [0.2, 0.25) is 0 Å². The van der Waals surface area contributed by atoms with Gasteiger partial charge in [-0.25, -0.2) is 4.98 Å². The van der Waals surface area contributed by atoms with Crippen molar-refractivity contribution in [1.29, 1.82) is 0 Å². The smallest absolute Gasteiger partial charge is 0.148 e. The minimum Gasteiger partial charge on any atom is -0.507 e. The first kappa shape index (κ1) is 40.2. The number of phenols is 1. The van der Waals surface area contributed by atoms with E-state index in [9.17, 15) is 5.11 Å². The molecule has 0 radical (unpaired) electrons. The van der Waals surface area contributed by atoms with E-state index >= 15 is 0 Å².